The number of benzene rings is 4. The summed E-state index contributed by atoms with van der Waals surface area (Å²) in [5.41, 5.74) is 5.03. The second-order valence-electron chi connectivity index (χ2n) is 12.7. The van der Waals surface area contributed by atoms with Crippen molar-refractivity contribution in [1.29, 1.82) is 0 Å². The fraction of sp³-hybridized carbons (Fsp3) is 0.205. The van der Waals surface area contributed by atoms with Crippen LogP contribution in [-0.4, -0.2) is 44.8 Å². The van der Waals surface area contributed by atoms with Crippen LogP contribution in [-0.2, 0) is 14.3 Å². The molecule has 0 N–H and O–H groups in total. The Balaban J connectivity index is 1.02. The lowest BCUT2D eigenvalue weighted by Crippen LogP contribution is -2.37. The molecule has 3 fully saturated rings. The Kier molecular flexibility index (Phi) is 8.36. The highest BCUT2D eigenvalue weighted by Gasteiger charge is 2.66. The summed E-state index contributed by atoms with van der Waals surface area (Å²) in [6, 6.07) is 31.2. The van der Waals surface area contributed by atoms with Crippen molar-refractivity contribution in [2.24, 2.45) is 23.7 Å². The van der Waals surface area contributed by atoms with Crippen LogP contribution in [0.4, 0.5) is 5.69 Å². The highest BCUT2D eigenvalue weighted by Crippen LogP contribution is 2.60. The molecular weight excluding hydrogens is 816 g/mol. The van der Waals surface area contributed by atoms with Crippen molar-refractivity contribution < 1.29 is 23.9 Å². The summed E-state index contributed by atoms with van der Waals surface area (Å²) in [5, 5.41) is 0.573. The minimum absolute atomic E-state index is 0.135. The minimum atomic E-state index is -0.651. The van der Waals surface area contributed by atoms with Gasteiger partial charge in [-0.15, -0.1) is 0 Å². The molecule has 2 saturated carbocycles. The van der Waals surface area contributed by atoms with E-state index in [1.807, 2.05) is 48.5 Å². The van der Waals surface area contributed by atoms with Crippen LogP contribution in [0.25, 0.3) is 33.3 Å². The number of imide groups is 1. The quantitative estimate of drug-likeness (QED) is 0.0706. The Hall–Kier alpha value is -3.99. The molecule has 6 unspecified atom stereocenters. The molecule has 3 aliphatic rings. The second-order valence-corrected chi connectivity index (χ2v) is 15.8. The van der Waals surface area contributed by atoms with Crippen LogP contribution in [0.2, 0.25) is 0 Å². The third kappa shape index (κ3) is 5.58. The number of rotatable bonds is 7. The monoisotopic (exact) mass is 840 g/mol. The molecule has 2 aliphatic carbocycles. The predicted molar refractivity (Wildman–Crippen MR) is 198 cm³/mol. The third-order valence-electron chi connectivity index (χ3n) is 10.0. The molecule has 49 heavy (non-hydrogen) atoms. The molecule has 2 heterocycles. The van der Waals surface area contributed by atoms with Gasteiger partial charge < -0.3 is 4.74 Å². The van der Waals surface area contributed by atoms with Crippen LogP contribution >= 0.6 is 47.8 Å². The van der Waals surface area contributed by atoms with Crippen LogP contribution in [0.1, 0.15) is 27.1 Å². The van der Waals surface area contributed by atoms with Crippen LogP contribution in [0.5, 0.6) is 0 Å². The normalized spacial score (nSPS) is 24.0. The van der Waals surface area contributed by atoms with Crippen molar-refractivity contribution in [1.82, 2.24) is 4.98 Å². The summed E-state index contributed by atoms with van der Waals surface area (Å²) in [7, 11) is 0. The van der Waals surface area contributed by atoms with Crippen molar-refractivity contribution in [2.75, 3.05) is 11.5 Å². The van der Waals surface area contributed by atoms with Gasteiger partial charge in [-0.05, 0) is 65.8 Å². The number of halogens is 3. The summed E-state index contributed by atoms with van der Waals surface area (Å²) < 4.78 is 6.32. The van der Waals surface area contributed by atoms with Gasteiger partial charge in [0.15, 0.2) is 12.4 Å². The number of alkyl halides is 2. The van der Waals surface area contributed by atoms with E-state index in [9.17, 15) is 19.2 Å². The summed E-state index contributed by atoms with van der Waals surface area (Å²) in [4.78, 5) is 60.1. The van der Waals surface area contributed by atoms with Gasteiger partial charge in [-0.3, -0.25) is 19.3 Å². The average Bonchev–Trinajstić information content (AvgIpc) is 3.75. The fourth-order valence-corrected chi connectivity index (χ4v) is 9.91. The highest BCUT2D eigenvalue weighted by atomic mass is 79.9. The summed E-state index contributed by atoms with van der Waals surface area (Å²) in [6.07, 6.45) is 0.871. The Morgan fingerprint density at radius 3 is 2.02 bits per heavy atom. The Morgan fingerprint density at radius 2 is 1.37 bits per heavy atom. The molecule has 5 aromatic rings. The molecule has 0 spiro atoms. The first-order valence-corrected chi connectivity index (χ1v) is 18.5. The van der Waals surface area contributed by atoms with Gasteiger partial charge in [0.25, 0.3) is 0 Å². The van der Waals surface area contributed by atoms with E-state index in [2.05, 4.69) is 47.8 Å². The van der Waals surface area contributed by atoms with Crippen molar-refractivity contribution >= 4 is 87.9 Å². The maximum absolute atomic E-state index is 13.5. The van der Waals surface area contributed by atoms with Gasteiger partial charge in [0.1, 0.15) is 0 Å². The van der Waals surface area contributed by atoms with E-state index in [4.69, 9.17) is 9.72 Å². The maximum atomic E-state index is 13.5. The zero-order valence-electron chi connectivity index (χ0n) is 25.8. The standard InChI is InChI=1S/C39H27Br3N2O5/c40-24-12-15-30-26(16-24)27(39(48)49-19-32(45)23-8-6-21(7-9-23)20-4-2-1-3-5-20)18-31(43-30)22-10-13-25(14-11-22)44-37(46)33-28-17-29(34(33)38(44)47)36(42)35(28)41/h1-16,18,28-29,33-36H,17,19H2. The number of aromatic nitrogens is 1. The second kappa shape index (κ2) is 12.7. The minimum Gasteiger partial charge on any atom is -0.454 e. The van der Waals surface area contributed by atoms with Crippen LogP contribution < -0.4 is 4.90 Å². The average molecular weight is 843 g/mol. The van der Waals surface area contributed by atoms with Gasteiger partial charge in [-0.2, -0.15) is 0 Å². The lowest BCUT2D eigenvalue weighted by atomic mass is 9.81. The van der Waals surface area contributed by atoms with Gasteiger partial charge in [0.05, 0.1) is 34.3 Å². The van der Waals surface area contributed by atoms with E-state index in [0.717, 1.165) is 22.0 Å². The molecular formula is C39H27Br3N2O5. The molecule has 8 rings (SSSR count). The first-order valence-electron chi connectivity index (χ1n) is 15.9. The molecule has 2 bridgehead atoms. The fourth-order valence-electron chi connectivity index (χ4n) is 7.67. The number of fused-ring (bicyclic) bond motifs is 6. The highest BCUT2D eigenvalue weighted by molar-refractivity contribution is 9.12. The van der Waals surface area contributed by atoms with Crippen LogP contribution in [0.15, 0.2) is 108 Å². The van der Waals surface area contributed by atoms with Crippen molar-refractivity contribution in [3.8, 4) is 22.4 Å². The number of ketones is 1. The van der Waals surface area contributed by atoms with Crippen molar-refractivity contribution in [3.05, 3.63) is 119 Å². The number of Topliss-reactive ketones (excluding diaryl/α,β-unsaturated/α-hetero) is 1. The number of pyridine rings is 1. The number of nitrogens with zero attached hydrogens (tertiary/aromatic N) is 2. The van der Waals surface area contributed by atoms with E-state index >= 15 is 0 Å². The lowest BCUT2D eigenvalue weighted by Gasteiger charge is -2.28. The molecule has 0 radical (unpaired) electrons. The number of carbonyl (C=O) groups excluding carboxylic acids is 4. The Bertz CT molecular complexity index is 2120. The number of amides is 2. The topological polar surface area (TPSA) is 93.6 Å². The van der Waals surface area contributed by atoms with Gasteiger partial charge in [0.2, 0.25) is 11.8 Å². The van der Waals surface area contributed by atoms with E-state index in [-0.39, 0.29) is 56.5 Å². The Morgan fingerprint density at radius 1 is 0.755 bits per heavy atom. The molecule has 2 amide bonds. The Labute approximate surface area is 307 Å². The first-order chi connectivity index (χ1) is 23.7. The molecule has 244 valence electrons. The van der Waals surface area contributed by atoms with E-state index < -0.39 is 12.6 Å². The van der Waals surface area contributed by atoms with Crippen LogP contribution in [0.3, 0.4) is 0 Å². The van der Waals surface area contributed by atoms with Gasteiger partial charge in [-0.25, -0.2) is 9.78 Å². The third-order valence-corrected chi connectivity index (χ3v) is 13.7. The number of ether oxygens (including phenoxy) is 1. The summed E-state index contributed by atoms with van der Waals surface area (Å²) in [6.45, 7) is -0.418. The number of hydrogen-bond donors (Lipinski definition) is 0. The predicted octanol–water partition coefficient (Wildman–Crippen LogP) is 8.65. The van der Waals surface area contributed by atoms with Crippen LogP contribution in [0, 0.1) is 23.7 Å². The van der Waals surface area contributed by atoms with Gasteiger partial charge in [-0.1, -0.05) is 115 Å². The molecule has 7 nitrogen and oxygen atoms in total. The maximum Gasteiger partial charge on any atom is 0.339 e. The summed E-state index contributed by atoms with van der Waals surface area (Å²) >= 11 is 11.0. The zero-order chi connectivity index (χ0) is 34.0. The van der Waals surface area contributed by atoms with Crippen molar-refractivity contribution in [2.45, 2.75) is 16.1 Å². The zero-order valence-corrected chi connectivity index (χ0v) is 30.5. The molecule has 1 aliphatic heterocycles. The number of esters is 1. The number of carbonyl (C=O) groups is 4. The van der Waals surface area contributed by atoms with Crippen molar-refractivity contribution in [3.63, 3.8) is 0 Å². The van der Waals surface area contributed by atoms with Gasteiger partial charge in [0, 0.05) is 30.6 Å². The smallest absolute Gasteiger partial charge is 0.339 e. The number of anilines is 1. The molecule has 10 heteroatoms. The molecule has 4 aromatic carbocycles. The first kappa shape index (κ1) is 32.2. The van der Waals surface area contributed by atoms with E-state index in [0.29, 0.717) is 33.4 Å². The lowest BCUT2D eigenvalue weighted by molar-refractivity contribution is -0.123. The largest absolute Gasteiger partial charge is 0.454 e. The molecule has 1 saturated heterocycles. The van der Waals surface area contributed by atoms with E-state index in [1.54, 1.807) is 54.6 Å². The molecule has 6 atom stereocenters. The number of hydrogen-bond acceptors (Lipinski definition) is 6. The van der Waals surface area contributed by atoms with Gasteiger partial charge >= 0.3 is 5.97 Å². The van der Waals surface area contributed by atoms with E-state index in [1.165, 1.54) is 4.90 Å². The summed E-state index contributed by atoms with van der Waals surface area (Å²) in [5.74, 6) is -1.57. The molecule has 1 aromatic heterocycles. The SMILES string of the molecule is O=C(COC(=O)c1cc(-c2ccc(N3C(=O)C4C5CC(C(Br)C5Br)C4C3=O)cc2)nc2ccc(Br)cc12)c1ccc(-c2ccccc2)cc1.